The Labute approximate surface area is 294 Å². The molecule has 1 aromatic heterocycles. The Balaban J connectivity index is 1.26. The zero-order valence-corrected chi connectivity index (χ0v) is 29.2. The van der Waals surface area contributed by atoms with E-state index in [9.17, 15) is 24.0 Å². The second kappa shape index (κ2) is 15.9. The van der Waals surface area contributed by atoms with Gasteiger partial charge in [-0.05, 0) is 66.1 Å². The molecule has 5 rings (SSSR count). The molecule has 246 valence electrons. The molecule has 10 nitrogen and oxygen atoms in total. The number of carbonyl (C=O) groups excluding carboxylic acids is 5. The third-order valence-corrected chi connectivity index (χ3v) is 9.91. The van der Waals surface area contributed by atoms with E-state index in [-0.39, 0.29) is 23.3 Å². The van der Waals surface area contributed by atoms with E-state index in [0.717, 1.165) is 14.9 Å². The van der Waals surface area contributed by atoms with Gasteiger partial charge in [0.2, 0.25) is 11.8 Å². The average Bonchev–Trinajstić information content (AvgIpc) is 3.44. The fourth-order valence-electron chi connectivity index (χ4n) is 4.96. The number of fused-ring (bicyclic) bond motifs is 1. The molecule has 4 amide bonds. The van der Waals surface area contributed by atoms with Gasteiger partial charge in [0.05, 0.1) is 25.0 Å². The smallest absolute Gasteiger partial charge is 0.341 e. The Hall–Kier alpha value is -4.72. The monoisotopic (exact) mass is 746 g/mol. The molecule has 3 N–H and O–H groups in total. The Morgan fingerprint density at radius 3 is 2.48 bits per heavy atom. The zero-order valence-electron chi connectivity index (χ0n) is 26.0. The molecule has 0 saturated carbocycles. The van der Waals surface area contributed by atoms with Gasteiger partial charge in [0.25, 0.3) is 11.8 Å². The molecular formula is C35H31BrN4O6S2. The summed E-state index contributed by atoms with van der Waals surface area (Å²) in [6.07, 6.45) is 2.08. The summed E-state index contributed by atoms with van der Waals surface area (Å²) in [7, 11) is 1.29. The van der Waals surface area contributed by atoms with Crippen LogP contribution in [-0.4, -0.2) is 53.9 Å². The lowest BCUT2D eigenvalue weighted by molar-refractivity contribution is -0.129. The number of ether oxygens (including phenoxy) is 1. The summed E-state index contributed by atoms with van der Waals surface area (Å²) >= 11 is 5.96. The molecular weight excluding hydrogens is 716 g/mol. The Morgan fingerprint density at radius 1 is 0.979 bits per heavy atom. The van der Waals surface area contributed by atoms with E-state index in [2.05, 4.69) is 31.9 Å². The number of halogens is 1. The van der Waals surface area contributed by atoms with Crippen LogP contribution in [0, 0.1) is 0 Å². The first-order valence-corrected chi connectivity index (χ1v) is 17.4. The molecule has 1 aliphatic heterocycles. The number of amides is 4. The topological polar surface area (TPSA) is 134 Å². The lowest BCUT2D eigenvalue weighted by atomic mass is 10.0. The van der Waals surface area contributed by atoms with Crippen LogP contribution in [0.4, 0.5) is 10.7 Å². The summed E-state index contributed by atoms with van der Waals surface area (Å²) in [5, 5.41) is 8.82. The Bertz CT molecular complexity index is 1910. The van der Waals surface area contributed by atoms with Gasteiger partial charge in [-0.15, -0.1) is 23.1 Å². The quantitative estimate of drug-likeness (QED) is 0.0980. The SMILES string of the molecule is COC(=O)c1c(NC(=O)CSc2cccc(NC(=O)/C(=C\c3cccc(Br)c3)NC(=O)c3ccccc3)c2)sc2c1CCN(C(C)=O)C2. The van der Waals surface area contributed by atoms with E-state index < -0.39 is 17.8 Å². The molecule has 3 aromatic carbocycles. The fourth-order valence-corrected chi connectivity index (χ4v) is 7.40. The minimum atomic E-state index is -0.538. The normalized spacial score (nSPS) is 12.5. The highest BCUT2D eigenvalue weighted by Gasteiger charge is 2.30. The van der Waals surface area contributed by atoms with Gasteiger partial charge >= 0.3 is 5.97 Å². The number of hydrogen-bond acceptors (Lipinski definition) is 8. The lowest BCUT2D eigenvalue weighted by Gasteiger charge is -2.25. The summed E-state index contributed by atoms with van der Waals surface area (Å²) in [4.78, 5) is 67.3. The van der Waals surface area contributed by atoms with Gasteiger partial charge < -0.3 is 25.6 Å². The van der Waals surface area contributed by atoms with Crippen LogP contribution in [0.15, 0.2) is 93.9 Å². The number of anilines is 2. The van der Waals surface area contributed by atoms with Crippen LogP contribution in [-0.2, 0) is 32.1 Å². The van der Waals surface area contributed by atoms with Crippen molar-refractivity contribution in [3.05, 3.63) is 116 Å². The Morgan fingerprint density at radius 2 is 1.75 bits per heavy atom. The second-order valence-electron chi connectivity index (χ2n) is 10.6. The predicted octanol–water partition coefficient (Wildman–Crippen LogP) is 6.34. The molecule has 13 heteroatoms. The van der Waals surface area contributed by atoms with Gasteiger partial charge in [-0.1, -0.05) is 52.3 Å². The van der Waals surface area contributed by atoms with E-state index in [0.29, 0.717) is 51.8 Å². The predicted molar refractivity (Wildman–Crippen MR) is 191 cm³/mol. The van der Waals surface area contributed by atoms with Crippen molar-refractivity contribution in [1.29, 1.82) is 0 Å². The maximum Gasteiger partial charge on any atom is 0.341 e. The zero-order chi connectivity index (χ0) is 34.2. The van der Waals surface area contributed by atoms with Crippen LogP contribution in [0.2, 0.25) is 0 Å². The molecule has 2 heterocycles. The van der Waals surface area contributed by atoms with Gasteiger partial charge in [0, 0.05) is 39.0 Å². The number of thiophene rings is 1. The van der Waals surface area contributed by atoms with E-state index in [1.165, 1.54) is 37.1 Å². The molecule has 4 aromatic rings. The highest BCUT2D eigenvalue weighted by atomic mass is 79.9. The third kappa shape index (κ3) is 8.79. The van der Waals surface area contributed by atoms with Crippen LogP contribution < -0.4 is 16.0 Å². The maximum atomic E-state index is 13.5. The van der Waals surface area contributed by atoms with Crippen molar-refractivity contribution >= 4 is 85.4 Å². The highest BCUT2D eigenvalue weighted by molar-refractivity contribution is 9.10. The van der Waals surface area contributed by atoms with Crippen molar-refractivity contribution < 1.29 is 28.7 Å². The minimum Gasteiger partial charge on any atom is -0.465 e. The number of thioether (sulfide) groups is 1. The van der Waals surface area contributed by atoms with Gasteiger partial charge in [0.15, 0.2) is 0 Å². The molecule has 0 aliphatic carbocycles. The molecule has 0 unspecified atom stereocenters. The summed E-state index contributed by atoms with van der Waals surface area (Å²) in [5.74, 6) is -1.85. The summed E-state index contributed by atoms with van der Waals surface area (Å²) in [5.41, 5.74) is 2.75. The second-order valence-corrected chi connectivity index (χ2v) is 13.7. The molecule has 0 radical (unpaired) electrons. The molecule has 0 atom stereocenters. The van der Waals surface area contributed by atoms with Gasteiger partial charge in [-0.25, -0.2) is 4.79 Å². The number of rotatable bonds is 10. The standard InChI is InChI=1S/C35H31BrN4O6S2/c1-21(41)40-15-14-27-29(19-40)48-34(31(27)35(45)46-2)39-30(42)20-47-26-13-7-12-25(18-26)37-33(44)28(17-22-8-6-11-24(36)16-22)38-32(43)23-9-4-3-5-10-23/h3-13,16-18H,14-15,19-20H2,1-2H3,(H,37,44)(H,38,43)(H,39,42)/b28-17+. The summed E-state index contributed by atoms with van der Waals surface area (Å²) in [6.45, 7) is 2.36. The van der Waals surface area contributed by atoms with Crippen molar-refractivity contribution in [2.24, 2.45) is 0 Å². The lowest BCUT2D eigenvalue weighted by Crippen LogP contribution is -2.33. The van der Waals surface area contributed by atoms with E-state index >= 15 is 0 Å². The van der Waals surface area contributed by atoms with Gasteiger partial charge in [-0.3, -0.25) is 19.2 Å². The van der Waals surface area contributed by atoms with Crippen LogP contribution in [0.25, 0.3) is 6.08 Å². The van der Waals surface area contributed by atoms with E-state index in [1.807, 2.05) is 30.3 Å². The highest BCUT2D eigenvalue weighted by Crippen LogP contribution is 2.38. The van der Waals surface area contributed by atoms with Crippen molar-refractivity contribution in [3.8, 4) is 0 Å². The maximum absolute atomic E-state index is 13.5. The molecule has 0 bridgehead atoms. The Kier molecular flexibility index (Phi) is 11.5. The molecule has 0 saturated heterocycles. The first-order valence-electron chi connectivity index (χ1n) is 14.8. The number of methoxy groups -OCH3 is 1. The van der Waals surface area contributed by atoms with E-state index in [1.54, 1.807) is 59.5 Å². The molecule has 48 heavy (non-hydrogen) atoms. The average molecular weight is 748 g/mol. The fraction of sp³-hybridized carbons (Fsp3) is 0.171. The van der Waals surface area contributed by atoms with Crippen molar-refractivity contribution in [3.63, 3.8) is 0 Å². The molecule has 0 spiro atoms. The van der Waals surface area contributed by atoms with Gasteiger partial charge in [0.1, 0.15) is 10.7 Å². The summed E-state index contributed by atoms with van der Waals surface area (Å²) in [6, 6.07) is 22.9. The number of nitrogens with zero attached hydrogens (tertiary/aromatic N) is 1. The first-order chi connectivity index (χ1) is 23.1. The van der Waals surface area contributed by atoms with Crippen molar-refractivity contribution in [2.45, 2.75) is 24.8 Å². The minimum absolute atomic E-state index is 0.0291. The largest absolute Gasteiger partial charge is 0.465 e. The van der Waals surface area contributed by atoms with Crippen LogP contribution in [0.5, 0.6) is 0 Å². The first kappa shape index (κ1) is 34.6. The number of esters is 1. The van der Waals surface area contributed by atoms with Crippen molar-refractivity contribution in [2.75, 3.05) is 30.0 Å². The van der Waals surface area contributed by atoms with Gasteiger partial charge in [-0.2, -0.15) is 0 Å². The van der Waals surface area contributed by atoms with E-state index in [4.69, 9.17) is 4.74 Å². The number of benzene rings is 3. The number of nitrogens with one attached hydrogen (secondary N) is 3. The van der Waals surface area contributed by atoms with Crippen LogP contribution in [0.3, 0.4) is 0 Å². The number of carbonyl (C=O) groups is 5. The van der Waals surface area contributed by atoms with Crippen LogP contribution in [0.1, 0.15) is 43.6 Å². The molecule has 1 aliphatic rings. The third-order valence-electron chi connectivity index (χ3n) is 7.29. The summed E-state index contributed by atoms with van der Waals surface area (Å²) < 4.78 is 5.82. The molecule has 0 fully saturated rings. The van der Waals surface area contributed by atoms with Crippen LogP contribution >= 0.6 is 39.0 Å². The number of hydrogen-bond donors (Lipinski definition) is 3. The van der Waals surface area contributed by atoms with Crippen molar-refractivity contribution in [1.82, 2.24) is 10.2 Å².